The van der Waals surface area contributed by atoms with Crippen LogP contribution in [0.5, 0.6) is 0 Å². The summed E-state index contributed by atoms with van der Waals surface area (Å²) in [6.45, 7) is 5.58. The van der Waals surface area contributed by atoms with Crippen molar-refractivity contribution in [2.24, 2.45) is 0 Å². The molecule has 1 saturated heterocycles. The van der Waals surface area contributed by atoms with Gasteiger partial charge in [0.2, 0.25) is 0 Å². The van der Waals surface area contributed by atoms with Gasteiger partial charge in [-0.15, -0.1) is 0 Å². The van der Waals surface area contributed by atoms with E-state index in [0.717, 1.165) is 25.2 Å². The maximum Gasteiger partial charge on any atom is 0.341 e. The van der Waals surface area contributed by atoms with E-state index in [1.807, 2.05) is 0 Å². The highest BCUT2D eigenvalue weighted by Gasteiger charge is 2.28. The molecule has 1 aliphatic heterocycles. The molecule has 0 saturated carbocycles. The molecule has 0 bridgehead atoms. The fourth-order valence-electron chi connectivity index (χ4n) is 2.35. The number of carbonyl (C=O) groups excluding carboxylic acids is 1. The van der Waals surface area contributed by atoms with E-state index < -0.39 is 0 Å². The minimum Gasteiger partial charge on any atom is -0.467 e. The quantitative estimate of drug-likeness (QED) is 0.847. The fraction of sp³-hybridized carbons (Fsp3) is 0.643. The normalized spacial score (nSPS) is 22.2. The summed E-state index contributed by atoms with van der Waals surface area (Å²) in [5.74, 6) is 0.367. The maximum absolute atomic E-state index is 11.3. The second kappa shape index (κ2) is 5.75. The summed E-state index contributed by atoms with van der Waals surface area (Å²) in [7, 11) is 1.36. The van der Waals surface area contributed by atoms with Gasteiger partial charge in [0.05, 0.1) is 24.8 Å². The average Bonchev–Trinajstić information content (AvgIpc) is 2.83. The van der Waals surface area contributed by atoms with Gasteiger partial charge in [-0.25, -0.2) is 4.79 Å². The van der Waals surface area contributed by atoms with Gasteiger partial charge < -0.3 is 19.2 Å². The highest BCUT2D eigenvalue weighted by molar-refractivity contribution is 5.88. The van der Waals surface area contributed by atoms with Crippen molar-refractivity contribution in [3.05, 3.63) is 23.7 Å². The predicted octanol–water partition coefficient (Wildman–Crippen LogP) is 2.11. The second-order valence-electron chi connectivity index (χ2n) is 5.47. The molecule has 1 atom stereocenters. The highest BCUT2D eigenvalue weighted by Crippen LogP contribution is 2.24. The first-order valence-electron chi connectivity index (χ1n) is 6.53. The molecule has 5 heteroatoms. The summed E-state index contributed by atoms with van der Waals surface area (Å²) in [6, 6.07) is 2.12. The standard InChI is InChI=1S/C14H21NO4/c1-14(2)7-11(4-5-19-14)15-8-12-6-10(9-18-12)13(16)17-3/h6,9,11,15H,4-5,7-8H2,1-3H3. The molecule has 2 rings (SSSR count). The molecule has 5 nitrogen and oxygen atoms in total. The third kappa shape index (κ3) is 3.81. The van der Waals surface area contributed by atoms with Crippen LogP contribution in [0.2, 0.25) is 0 Å². The van der Waals surface area contributed by atoms with Crippen molar-refractivity contribution in [3.8, 4) is 0 Å². The van der Waals surface area contributed by atoms with Crippen LogP contribution in [-0.2, 0) is 16.0 Å². The lowest BCUT2D eigenvalue weighted by Crippen LogP contribution is -2.43. The fourth-order valence-corrected chi connectivity index (χ4v) is 2.35. The first-order valence-corrected chi connectivity index (χ1v) is 6.53. The Bertz CT molecular complexity index is 438. The lowest BCUT2D eigenvalue weighted by molar-refractivity contribution is -0.0632. The molecule has 19 heavy (non-hydrogen) atoms. The number of carbonyl (C=O) groups is 1. The van der Waals surface area contributed by atoms with E-state index in [9.17, 15) is 4.79 Å². The SMILES string of the molecule is COC(=O)c1coc(CNC2CCOC(C)(C)C2)c1. The first-order chi connectivity index (χ1) is 9.00. The Kier molecular flexibility index (Phi) is 4.27. The van der Waals surface area contributed by atoms with Crippen molar-refractivity contribution in [2.75, 3.05) is 13.7 Å². The molecule has 1 aliphatic rings. The molecule has 1 N–H and O–H groups in total. The number of furan rings is 1. The monoisotopic (exact) mass is 267 g/mol. The van der Waals surface area contributed by atoms with Gasteiger partial charge in [0.25, 0.3) is 0 Å². The minimum atomic E-state index is -0.373. The van der Waals surface area contributed by atoms with E-state index in [2.05, 4.69) is 23.9 Å². The van der Waals surface area contributed by atoms with Gasteiger partial charge in [-0.05, 0) is 32.8 Å². The second-order valence-corrected chi connectivity index (χ2v) is 5.47. The van der Waals surface area contributed by atoms with E-state index in [4.69, 9.17) is 9.15 Å². The molecule has 0 amide bonds. The van der Waals surface area contributed by atoms with Crippen molar-refractivity contribution in [1.82, 2.24) is 5.32 Å². The van der Waals surface area contributed by atoms with Gasteiger partial charge in [-0.2, -0.15) is 0 Å². The smallest absolute Gasteiger partial charge is 0.341 e. The van der Waals surface area contributed by atoms with Crippen molar-refractivity contribution < 1.29 is 18.7 Å². The average molecular weight is 267 g/mol. The summed E-state index contributed by atoms with van der Waals surface area (Å²) in [5.41, 5.74) is 0.377. The number of hydrogen-bond acceptors (Lipinski definition) is 5. The molecule has 0 radical (unpaired) electrons. The molecule has 0 aromatic carbocycles. The minimum absolute atomic E-state index is 0.0732. The van der Waals surface area contributed by atoms with Crippen molar-refractivity contribution >= 4 is 5.97 Å². The third-order valence-corrected chi connectivity index (χ3v) is 3.34. The van der Waals surface area contributed by atoms with Crippen LogP contribution in [-0.4, -0.2) is 31.3 Å². The van der Waals surface area contributed by atoms with E-state index >= 15 is 0 Å². The van der Waals surface area contributed by atoms with E-state index in [1.165, 1.54) is 13.4 Å². The zero-order valence-electron chi connectivity index (χ0n) is 11.7. The van der Waals surface area contributed by atoms with E-state index in [1.54, 1.807) is 6.07 Å². The number of rotatable bonds is 4. The van der Waals surface area contributed by atoms with E-state index in [-0.39, 0.29) is 11.6 Å². The third-order valence-electron chi connectivity index (χ3n) is 3.34. The molecule has 1 aromatic heterocycles. The summed E-state index contributed by atoms with van der Waals surface area (Å²) >= 11 is 0. The Morgan fingerprint density at radius 1 is 1.58 bits per heavy atom. The summed E-state index contributed by atoms with van der Waals surface area (Å²) in [6.07, 6.45) is 3.39. The van der Waals surface area contributed by atoms with Gasteiger partial charge in [0.1, 0.15) is 12.0 Å². The van der Waals surface area contributed by atoms with Gasteiger partial charge >= 0.3 is 5.97 Å². The molecule has 0 spiro atoms. The van der Waals surface area contributed by atoms with Crippen LogP contribution < -0.4 is 5.32 Å². The number of methoxy groups -OCH3 is 1. The molecule has 1 unspecified atom stereocenters. The molecular formula is C14H21NO4. The van der Waals surface area contributed by atoms with Crippen LogP contribution in [0, 0.1) is 0 Å². The molecule has 0 aliphatic carbocycles. The topological polar surface area (TPSA) is 60.7 Å². The van der Waals surface area contributed by atoms with Crippen molar-refractivity contribution in [2.45, 2.75) is 44.9 Å². The molecule has 1 fully saturated rings. The Hall–Kier alpha value is -1.33. The zero-order chi connectivity index (χ0) is 13.9. The Balaban J connectivity index is 1.85. The van der Waals surface area contributed by atoms with Crippen LogP contribution >= 0.6 is 0 Å². The van der Waals surface area contributed by atoms with Crippen molar-refractivity contribution in [3.63, 3.8) is 0 Å². The Labute approximate surface area is 113 Å². The highest BCUT2D eigenvalue weighted by atomic mass is 16.5. The van der Waals surface area contributed by atoms with Crippen LogP contribution in [0.1, 0.15) is 42.8 Å². The number of ether oxygens (including phenoxy) is 2. The van der Waals surface area contributed by atoms with E-state index in [0.29, 0.717) is 18.2 Å². The van der Waals surface area contributed by atoms with Gasteiger partial charge in [0.15, 0.2) is 0 Å². The number of nitrogens with one attached hydrogen (secondary N) is 1. The predicted molar refractivity (Wildman–Crippen MR) is 69.9 cm³/mol. The summed E-state index contributed by atoms with van der Waals surface area (Å²) in [5, 5.41) is 3.44. The summed E-state index contributed by atoms with van der Waals surface area (Å²) in [4.78, 5) is 11.3. The van der Waals surface area contributed by atoms with Crippen LogP contribution in [0.3, 0.4) is 0 Å². The molecular weight excluding hydrogens is 246 g/mol. The maximum atomic E-state index is 11.3. The Morgan fingerprint density at radius 2 is 2.37 bits per heavy atom. The molecule has 2 heterocycles. The lowest BCUT2D eigenvalue weighted by atomic mass is 9.94. The molecule has 1 aromatic rings. The van der Waals surface area contributed by atoms with Crippen molar-refractivity contribution in [1.29, 1.82) is 0 Å². The Morgan fingerprint density at radius 3 is 3.05 bits per heavy atom. The number of hydrogen-bond donors (Lipinski definition) is 1. The number of esters is 1. The largest absolute Gasteiger partial charge is 0.467 e. The van der Waals surface area contributed by atoms with Crippen LogP contribution in [0.15, 0.2) is 16.7 Å². The van der Waals surface area contributed by atoms with Gasteiger partial charge in [0, 0.05) is 12.6 Å². The van der Waals surface area contributed by atoms with Gasteiger partial charge in [-0.1, -0.05) is 0 Å². The summed E-state index contributed by atoms with van der Waals surface area (Å²) < 4.78 is 15.6. The zero-order valence-corrected chi connectivity index (χ0v) is 11.7. The first kappa shape index (κ1) is 14.1. The molecule has 106 valence electrons. The lowest BCUT2D eigenvalue weighted by Gasteiger charge is -2.35. The van der Waals surface area contributed by atoms with Crippen LogP contribution in [0.4, 0.5) is 0 Å². The van der Waals surface area contributed by atoms with Gasteiger partial charge in [-0.3, -0.25) is 0 Å². The van der Waals surface area contributed by atoms with Crippen LogP contribution in [0.25, 0.3) is 0 Å².